The van der Waals surface area contributed by atoms with E-state index in [-0.39, 0.29) is 18.1 Å². The monoisotopic (exact) mass is 329 g/mol. The summed E-state index contributed by atoms with van der Waals surface area (Å²) in [5.41, 5.74) is 3.77. The summed E-state index contributed by atoms with van der Waals surface area (Å²) in [6, 6.07) is 8.76. The summed E-state index contributed by atoms with van der Waals surface area (Å²) in [6.07, 6.45) is 4.57. The van der Waals surface area contributed by atoms with Gasteiger partial charge in [0.2, 0.25) is 0 Å². The van der Waals surface area contributed by atoms with Crippen molar-refractivity contribution >= 4 is 11.9 Å². The third-order valence-electron chi connectivity index (χ3n) is 4.88. The predicted molar refractivity (Wildman–Crippen MR) is 94.2 cm³/mol. The van der Waals surface area contributed by atoms with Crippen LogP contribution in [0.4, 0.5) is 0 Å². The Morgan fingerprint density at radius 2 is 2.13 bits per heavy atom. The molecule has 1 saturated heterocycles. The molecule has 0 amide bonds. The van der Waals surface area contributed by atoms with Crippen LogP contribution >= 0.6 is 11.9 Å². The van der Waals surface area contributed by atoms with E-state index in [1.54, 1.807) is 0 Å². The Balaban J connectivity index is 1.62. The molecular weight excluding hydrogens is 306 g/mol. The van der Waals surface area contributed by atoms with E-state index in [0.717, 1.165) is 19.5 Å². The van der Waals surface area contributed by atoms with Gasteiger partial charge in [-0.2, -0.15) is 0 Å². The van der Waals surface area contributed by atoms with Crippen LogP contribution < -0.4 is 0 Å². The zero-order valence-electron chi connectivity index (χ0n) is 13.6. The zero-order chi connectivity index (χ0) is 16.0. The van der Waals surface area contributed by atoms with Crippen molar-refractivity contribution < 1.29 is 5.11 Å². The molecule has 1 aromatic heterocycles. The van der Waals surface area contributed by atoms with Crippen molar-refractivity contribution in [2.24, 2.45) is 5.92 Å². The van der Waals surface area contributed by atoms with Gasteiger partial charge in [0.05, 0.1) is 30.4 Å². The second-order valence-electron chi connectivity index (χ2n) is 6.78. The van der Waals surface area contributed by atoms with Gasteiger partial charge in [0.25, 0.3) is 0 Å². The molecule has 0 aliphatic carbocycles. The second-order valence-corrected chi connectivity index (χ2v) is 8.45. The number of rotatable bonds is 3. The molecule has 0 saturated carbocycles. The molecule has 4 rings (SSSR count). The summed E-state index contributed by atoms with van der Waals surface area (Å²) in [6.45, 7) is 6.19. The van der Waals surface area contributed by atoms with E-state index in [9.17, 15) is 5.11 Å². The second kappa shape index (κ2) is 5.96. The molecule has 5 heteroatoms. The maximum atomic E-state index is 10.8. The number of piperidine rings is 1. The van der Waals surface area contributed by atoms with Crippen LogP contribution in [0, 0.1) is 5.92 Å². The molecule has 2 aliphatic heterocycles. The normalized spacial score (nSPS) is 27.2. The van der Waals surface area contributed by atoms with Gasteiger partial charge in [0.15, 0.2) is 0 Å². The van der Waals surface area contributed by atoms with Crippen molar-refractivity contribution in [2.75, 3.05) is 13.1 Å². The number of imidazole rings is 1. The number of β-amino-alcohol motifs (C(OH)–C–C–N with tert-alkyl or cyclic N) is 1. The SMILES string of the molecule is CC(C)SN1CCC(C2c3ccccc3-c3cncn32)C(O)C1. The maximum absolute atomic E-state index is 10.8. The summed E-state index contributed by atoms with van der Waals surface area (Å²) < 4.78 is 4.57. The van der Waals surface area contributed by atoms with Gasteiger partial charge >= 0.3 is 0 Å². The Morgan fingerprint density at radius 3 is 2.91 bits per heavy atom. The molecule has 4 nitrogen and oxygen atoms in total. The van der Waals surface area contributed by atoms with Crippen LogP contribution in [-0.4, -0.2) is 43.4 Å². The molecule has 3 heterocycles. The highest BCUT2D eigenvalue weighted by atomic mass is 32.2. The number of aliphatic hydroxyl groups is 1. The van der Waals surface area contributed by atoms with Crippen molar-refractivity contribution in [1.29, 1.82) is 0 Å². The van der Waals surface area contributed by atoms with Gasteiger partial charge in [0.1, 0.15) is 0 Å². The molecule has 2 aliphatic rings. The van der Waals surface area contributed by atoms with E-state index >= 15 is 0 Å². The Bertz CT molecular complexity index is 699. The number of fused-ring (bicyclic) bond motifs is 3. The standard InChI is InChI=1S/C18H23N3OS/c1-12(2)23-20-8-7-15(17(22)10-20)18-14-6-4-3-5-13(14)16-9-19-11-21(16)18/h3-6,9,11-12,15,17-18,22H,7-8,10H2,1-2H3. The lowest BCUT2D eigenvalue weighted by molar-refractivity contribution is 0.0373. The van der Waals surface area contributed by atoms with Gasteiger partial charge < -0.3 is 9.67 Å². The van der Waals surface area contributed by atoms with Gasteiger partial charge in [-0.05, 0) is 12.0 Å². The minimum atomic E-state index is -0.304. The fraction of sp³-hybridized carbons (Fsp3) is 0.500. The number of hydrogen-bond acceptors (Lipinski definition) is 4. The van der Waals surface area contributed by atoms with Crippen molar-refractivity contribution in [3.05, 3.63) is 42.4 Å². The first-order chi connectivity index (χ1) is 11.1. The van der Waals surface area contributed by atoms with Crippen LogP contribution in [-0.2, 0) is 0 Å². The minimum Gasteiger partial charge on any atom is -0.391 e. The first-order valence-corrected chi connectivity index (χ1v) is 9.19. The van der Waals surface area contributed by atoms with E-state index in [1.807, 2.05) is 24.5 Å². The van der Waals surface area contributed by atoms with Crippen LogP contribution in [0.25, 0.3) is 11.3 Å². The highest BCUT2D eigenvalue weighted by Gasteiger charge is 2.40. The summed E-state index contributed by atoms with van der Waals surface area (Å²) in [5.74, 6) is 0.246. The van der Waals surface area contributed by atoms with Crippen molar-refractivity contribution in [3.8, 4) is 11.3 Å². The molecule has 3 atom stereocenters. The molecule has 3 unspecified atom stereocenters. The lowest BCUT2D eigenvalue weighted by Gasteiger charge is -2.39. The van der Waals surface area contributed by atoms with E-state index < -0.39 is 0 Å². The average molecular weight is 329 g/mol. The summed E-state index contributed by atoms with van der Waals surface area (Å²) >= 11 is 1.85. The number of hydrogen-bond donors (Lipinski definition) is 1. The van der Waals surface area contributed by atoms with Crippen molar-refractivity contribution in [3.63, 3.8) is 0 Å². The molecule has 1 fully saturated rings. The van der Waals surface area contributed by atoms with Crippen molar-refractivity contribution in [1.82, 2.24) is 13.9 Å². The van der Waals surface area contributed by atoms with E-state index in [4.69, 9.17) is 0 Å². The van der Waals surface area contributed by atoms with E-state index in [0.29, 0.717) is 5.25 Å². The number of nitrogens with zero attached hydrogens (tertiary/aromatic N) is 3. The van der Waals surface area contributed by atoms with Crippen molar-refractivity contribution in [2.45, 2.75) is 37.7 Å². The van der Waals surface area contributed by atoms with E-state index in [1.165, 1.54) is 16.8 Å². The number of aromatic nitrogens is 2. The first-order valence-electron chi connectivity index (χ1n) is 8.36. The summed E-state index contributed by atoms with van der Waals surface area (Å²) in [5, 5.41) is 11.4. The highest BCUT2D eigenvalue weighted by Crippen LogP contribution is 2.46. The maximum Gasteiger partial charge on any atom is 0.0956 e. The highest BCUT2D eigenvalue weighted by molar-refractivity contribution is 7.97. The summed E-state index contributed by atoms with van der Waals surface area (Å²) in [7, 11) is 0. The molecular formula is C18H23N3OS. The smallest absolute Gasteiger partial charge is 0.0956 e. The molecule has 0 bridgehead atoms. The van der Waals surface area contributed by atoms with Crippen LogP contribution in [0.15, 0.2) is 36.8 Å². The topological polar surface area (TPSA) is 41.3 Å². The zero-order valence-corrected chi connectivity index (χ0v) is 14.4. The third-order valence-corrected chi connectivity index (χ3v) is 5.93. The average Bonchev–Trinajstić information content (AvgIpc) is 3.08. The van der Waals surface area contributed by atoms with Gasteiger partial charge in [0, 0.05) is 29.8 Å². The molecule has 0 spiro atoms. The lowest BCUT2D eigenvalue weighted by atomic mass is 9.84. The van der Waals surface area contributed by atoms with Gasteiger partial charge in [-0.3, -0.25) is 0 Å². The largest absolute Gasteiger partial charge is 0.391 e. The molecule has 23 heavy (non-hydrogen) atoms. The molecule has 1 aromatic carbocycles. The molecule has 2 aromatic rings. The molecule has 0 radical (unpaired) electrons. The Morgan fingerprint density at radius 1 is 1.30 bits per heavy atom. The van der Waals surface area contributed by atoms with Crippen LogP contribution in [0.5, 0.6) is 0 Å². The van der Waals surface area contributed by atoms with Gasteiger partial charge in [-0.15, -0.1) is 0 Å². The van der Waals surface area contributed by atoms with Crippen LogP contribution in [0.2, 0.25) is 0 Å². The number of aliphatic hydroxyl groups excluding tert-OH is 1. The predicted octanol–water partition coefficient (Wildman–Crippen LogP) is 3.19. The van der Waals surface area contributed by atoms with E-state index in [2.05, 4.69) is 52.0 Å². The Kier molecular flexibility index (Phi) is 3.95. The number of benzene rings is 1. The van der Waals surface area contributed by atoms with Gasteiger partial charge in [-0.25, -0.2) is 9.29 Å². The molecule has 1 N–H and O–H groups in total. The van der Waals surface area contributed by atoms with Crippen LogP contribution in [0.1, 0.15) is 31.9 Å². The third kappa shape index (κ3) is 2.61. The summed E-state index contributed by atoms with van der Waals surface area (Å²) in [4.78, 5) is 4.33. The van der Waals surface area contributed by atoms with Gasteiger partial charge in [-0.1, -0.05) is 50.1 Å². The Labute approximate surface area is 141 Å². The molecule has 122 valence electrons. The first kappa shape index (κ1) is 15.2. The fourth-order valence-corrected chi connectivity index (χ4v) is 5.04. The fourth-order valence-electron chi connectivity index (χ4n) is 3.99. The lowest BCUT2D eigenvalue weighted by Crippen LogP contribution is -2.44. The Hall–Kier alpha value is -1.30. The quantitative estimate of drug-likeness (QED) is 0.878. The van der Waals surface area contributed by atoms with Crippen LogP contribution in [0.3, 0.4) is 0 Å². The minimum absolute atomic E-state index is 0.213.